The summed E-state index contributed by atoms with van der Waals surface area (Å²) in [4.78, 5) is 12.9. The molecule has 1 heterocycles. The fourth-order valence-electron chi connectivity index (χ4n) is 2.30. The normalized spacial score (nSPS) is 24.2. The third kappa shape index (κ3) is 3.51. The molecule has 2 rings (SSSR count). The van der Waals surface area contributed by atoms with E-state index in [1.807, 2.05) is 20.8 Å². The van der Waals surface area contributed by atoms with Gasteiger partial charge in [0.05, 0.1) is 11.8 Å². The average molecular weight is 283 g/mol. The lowest BCUT2D eigenvalue weighted by Gasteiger charge is -2.26. The molecule has 0 saturated heterocycles. The number of rotatable bonds is 2. The molecule has 1 saturated carbocycles. The predicted molar refractivity (Wildman–Crippen MR) is 74.3 cm³/mol. The Morgan fingerprint density at radius 1 is 1.32 bits per heavy atom. The summed E-state index contributed by atoms with van der Waals surface area (Å²) in [6.07, 6.45) is 2.99. The van der Waals surface area contributed by atoms with Crippen molar-refractivity contribution < 1.29 is 9.90 Å². The van der Waals surface area contributed by atoms with Crippen molar-refractivity contribution in [1.82, 2.24) is 14.9 Å². The lowest BCUT2D eigenvalue weighted by atomic mass is 9.90. The Morgan fingerprint density at radius 2 is 1.95 bits per heavy atom. The van der Waals surface area contributed by atoms with Gasteiger partial charge in [-0.2, -0.15) is 0 Å². The highest BCUT2D eigenvalue weighted by molar-refractivity contribution is 7.08. The van der Waals surface area contributed by atoms with E-state index in [1.165, 1.54) is 0 Å². The number of aromatic nitrogens is 2. The van der Waals surface area contributed by atoms with Crippen molar-refractivity contribution in [3.05, 3.63) is 10.6 Å². The quantitative estimate of drug-likeness (QED) is 0.869. The second-order valence-electron chi connectivity index (χ2n) is 6.18. The average Bonchev–Trinajstić information content (AvgIpc) is 2.81. The molecule has 0 aromatic carbocycles. The van der Waals surface area contributed by atoms with Gasteiger partial charge >= 0.3 is 0 Å². The van der Waals surface area contributed by atoms with Crippen LogP contribution >= 0.6 is 11.5 Å². The first-order valence-corrected chi connectivity index (χ1v) is 7.47. The van der Waals surface area contributed by atoms with Crippen LogP contribution in [0.15, 0.2) is 0 Å². The van der Waals surface area contributed by atoms with E-state index in [0.717, 1.165) is 42.9 Å². The molecule has 0 atom stereocenters. The predicted octanol–water partition coefficient (Wildman–Crippen LogP) is 1.87. The van der Waals surface area contributed by atoms with Gasteiger partial charge in [-0.05, 0) is 37.2 Å². The zero-order valence-electron chi connectivity index (χ0n) is 11.6. The fourth-order valence-corrected chi connectivity index (χ4v) is 3.08. The van der Waals surface area contributed by atoms with Gasteiger partial charge in [0.2, 0.25) is 0 Å². The molecule has 5 nitrogen and oxygen atoms in total. The molecule has 0 radical (unpaired) electrons. The van der Waals surface area contributed by atoms with Gasteiger partial charge in [-0.1, -0.05) is 25.3 Å². The van der Waals surface area contributed by atoms with Gasteiger partial charge in [0.25, 0.3) is 5.91 Å². The van der Waals surface area contributed by atoms with Crippen LogP contribution in [0.25, 0.3) is 0 Å². The van der Waals surface area contributed by atoms with Gasteiger partial charge in [-0.3, -0.25) is 4.79 Å². The maximum Gasteiger partial charge on any atom is 0.265 e. The van der Waals surface area contributed by atoms with E-state index in [1.54, 1.807) is 0 Å². The maximum absolute atomic E-state index is 12.3. The van der Waals surface area contributed by atoms with E-state index in [4.69, 9.17) is 0 Å². The maximum atomic E-state index is 12.3. The summed E-state index contributed by atoms with van der Waals surface area (Å²) in [6.45, 7) is 6.08. The van der Waals surface area contributed by atoms with Crippen molar-refractivity contribution in [1.29, 1.82) is 0 Å². The Morgan fingerprint density at radius 3 is 2.53 bits per heavy atom. The molecule has 1 aromatic heterocycles. The summed E-state index contributed by atoms with van der Waals surface area (Å²) in [6, 6.07) is 0.158. The Labute approximate surface area is 117 Å². The molecular weight excluding hydrogens is 262 g/mol. The Balaban J connectivity index is 2.03. The number of carbonyl (C=O) groups excluding carboxylic acids is 1. The van der Waals surface area contributed by atoms with Gasteiger partial charge in [-0.25, -0.2) is 0 Å². The van der Waals surface area contributed by atoms with Crippen molar-refractivity contribution in [3.8, 4) is 0 Å². The first-order chi connectivity index (χ1) is 8.88. The topological polar surface area (TPSA) is 75.1 Å². The molecule has 0 aliphatic heterocycles. The largest absolute Gasteiger partial charge is 0.393 e. The number of carbonyl (C=O) groups is 1. The number of nitrogens with one attached hydrogen (secondary N) is 1. The summed E-state index contributed by atoms with van der Waals surface area (Å²) >= 11 is 1.15. The lowest BCUT2D eigenvalue weighted by Crippen LogP contribution is -2.39. The zero-order valence-corrected chi connectivity index (χ0v) is 12.5. The second kappa shape index (κ2) is 5.54. The van der Waals surface area contributed by atoms with E-state index in [2.05, 4.69) is 14.9 Å². The minimum absolute atomic E-state index is 0.0821. The fraction of sp³-hybridized carbons (Fsp3) is 0.769. The number of aliphatic hydroxyl groups is 1. The minimum atomic E-state index is -0.205. The van der Waals surface area contributed by atoms with Crippen LogP contribution in [0, 0.1) is 0 Å². The summed E-state index contributed by atoms with van der Waals surface area (Å²) in [5.74, 6) is -0.0821. The van der Waals surface area contributed by atoms with Gasteiger partial charge < -0.3 is 10.4 Å². The van der Waals surface area contributed by atoms with Crippen LogP contribution in [0.4, 0.5) is 0 Å². The smallest absolute Gasteiger partial charge is 0.265 e. The van der Waals surface area contributed by atoms with Gasteiger partial charge in [0, 0.05) is 11.5 Å². The van der Waals surface area contributed by atoms with Gasteiger partial charge in [0.1, 0.15) is 4.88 Å². The summed E-state index contributed by atoms with van der Waals surface area (Å²) in [5, 5.41) is 16.6. The third-order valence-corrected chi connectivity index (χ3v) is 4.16. The first kappa shape index (κ1) is 14.4. The number of aliphatic hydroxyl groups excluding tert-OH is 1. The van der Waals surface area contributed by atoms with Crippen LogP contribution in [-0.4, -0.2) is 32.7 Å². The van der Waals surface area contributed by atoms with Crippen molar-refractivity contribution >= 4 is 17.4 Å². The second-order valence-corrected chi connectivity index (χ2v) is 6.93. The van der Waals surface area contributed by atoms with Crippen molar-refractivity contribution in [2.45, 2.75) is 64.0 Å². The van der Waals surface area contributed by atoms with Crippen LogP contribution in [0.1, 0.15) is 61.8 Å². The monoisotopic (exact) mass is 283 g/mol. The molecular formula is C13H21N3O2S. The van der Waals surface area contributed by atoms with Crippen LogP contribution in [0.5, 0.6) is 0 Å². The number of hydrogen-bond acceptors (Lipinski definition) is 5. The van der Waals surface area contributed by atoms with E-state index >= 15 is 0 Å². The molecule has 0 unspecified atom stereocenters. The van der Waals surface area contributed by atoms with E-state index in [9.17, 15) is 9.90 Å². The highest BCUT2D eigenvalue weighted by Crippen LogP contribution is 2.26. The zero-order chi connectivity index (χ0) is 14.0. The number of nitrogens with zero attached hydrogens (tertiary/aromatic N) is 2. The molecule has 1 fully saturated rings. The third-order valence-electron chi connectivity index (χ3n) is 3.44. The van der Waals surface area contributed by atoms with Crippen molar-refractivity contribution in [2.24, 2.45) is 0 Å². The van der Waals surface area contributed by atoms with E-state index < -0.39 is 0 Å². The van der Waals surface area contributed by atoms with Crippen LogP contribution in [0.3, 0.4) is 0 Å². The standard InChI is InChI=1S/C13H21N3O2S/c1-13(2,3)11-10(19-16-15-11)12(18)14-8-4-6-9(17)7-5-8/h8-9,17H,4-7H2,1-3H3,(H,14,18). The van der Waals surface area contributed by atoms with Crippen LogP contribution in [-0.2, 0) is 5.41 Å². The molecule has 6 heteroatoms. The molecule has 1 aromatic rings. The lowest BCUT2D eigenvalue weighted by molar-refractivity contribution is 0.0869. The molecule has 2 N–H and O–H groups in total. The highest BCUT2D eigenvalue weighted by Gasteiger charge is 2.28. The SMILES string of the molecule is CC(C)(C)c1nnsc1C(=O)NC1CCC(O)CC1. The van der Waals surface area contributed by atoms with Crippen LogP contribution < -0.4 is 5.32 Å². The van der Waals surface area contributed by atoms with E-state index in [0.29, 0.717) is 4.88 Å². The summed E-state index contributed by atoms with van der Waals surface area (Å²) < 4.78 is 3.91. The molecule has 1 aliphatic carbocycles. The Bertz CT molecular complexity index is 445. The van der Waals surface area contributed by atoms with Crippen molar-refractivity contribution in [3.63, 3.8) is 0 Å². The van der Waals surface area contributed by atoms with Crippen LogP contribution in [0.2, 0.25) is 0 Å². The Kier molecular flexibility index (Phi) is 4.20. The molecule has 0 spiro atoms. The van der Waals surface area contributed by atoms with Gasteiger partial charge in [-0.15, -0.1) is 5.10 Å². The summed E-state index contributed by atoms with van der Waals surface area (Å²) in [5.41, 5.74) is 0.577. The molecule has 1 amide bonds. The van der Waals surface area contributed by atoms with Gasteiger partial charge in [0.15, 0.2) is 0 Å². The molecule has 1 aliphatic rings. The summed E-state index contributed by atoms with van der Waals surface area (Å²) in [7, 11) is 0. The number of hydrogen-bond donors (Lipinski definition) is 2. The first-order valence-electron chi connectivity index (χ1n) is 6.69. The van der Waals surface area contributed by atoms with Crippen molar-refractivity contribution in [2.75, 3.05) is 0 Å². The highest BCUT2D eigenvalue weighted by atomic mass is 32.1. The minimum Gasteiger partial charge on any atom is -0.393 e. The Hall–Kier alpha value is -1.01. The molecule has 0 bridgehead atoms. The molecule has 19 heavy (non-hydrogen) atoms. The number of amides is 1. The molecule has 106 valence electrons. The van der Waals surface area contributed by atoms with E-state index in [-0.39, 0.29) is 23.5 Å².